The minimum absolute atomic E-state index is 0.379. The number of benzene rings is 1. The fourth-order valence-electron chi connectivity index (χ4n) is 1.28. The molecule has 92 valence electrons. The van der Waals surface area contributed by atoms with E-state index in [9.17, 15) is 9.59 Å². The largest absolute Gasteiger partial charge is 0.497 e. The van der Waals surface area contributed by atoms with Gasteiger partial charge in [-0.3, -0.25) is 9.59 Å². The summed E-state index contributed by atoms with van der Waals surface area (Å²) in [5, 5.41) is 1.44. The van der Waals surface area contributed by atoms with E-state index in [0.717, 1.165) is 5.56 Å². The lowest BCUT2D eigenvalue weighted by molar-refractivity contribution is -0.123. The molecule has 0 aliphatic carbocycles. The molecule has 1 rings (SSSR count). The molecule has 0 saturated carbocycles. The van der Waals surface area contributed by atoms with Gasteiger partial charge in [0.1, 0.15) is 5.75 Å². The van der Waals surface area contributed by atoms with Crippen LogP contribution in [0.4, 0.5) is 5.69 Å². The molecule has 0 saturated heterocycles. The molecule has 1 N–H and O–H groups in total. The van der Waals surface area contributed by atoms with E-state index in [1.165, 1.54) is 6.92 Å². The summed E-state index contributed by atoms with van der Waals surface area (Å²) in [5.74, 6) is -0.197. The molecule has 0 spiro atoms. The monoisotopic (exact) mass is 255 g/mol. The zero-order valence-electron chi connectivity index (χ0n) is 9.91. The fraction of sp³-hybridized carbons (Fsp3) is 0.333. The molecule has 0 aliphatic heterocycles. The number of ketones is 1. The van der Waals surface area contributed by atoms with Crippen LogP contribution in [0.25, 0.3) is 0 Å². The standard InChI is InChI=1S/C12H14ClNO3/c1-7-6-9(17-3)4-5-10(7)14-12(16)11(13)8(2)15/h4-6,11H,1-3H3,(H,14,16). The van der Waals surface area contributed by atoms with E-state index < -0.39 is 11.3 Å². The molecule has 0 aromatic heterocycles. The van der Waals surface area contributed by atoms with Crippen molar-refractivity contribution in [3.05, 3.63) is 23.8 Å². The fourth-order valence-corrected chi connectivity index (χ4v) is 1.34. The average Bonchev–Trinajstić information content (AvgIpc) is 2.30. The highest BCUT2D eigenvalue weighted by atomic mass is 35.5. The Morgan fingerprint density at radius 2 is 2.06 bits per heavy atom. The summed E-state index contributed by atoms with van der Waals surface area (Å²) in [6.07, 6.45) is 0. The molecular formula is C12H14ClNO3. The molecule has 1 aromatic rings. The van der Waals surface area contributed by atoms with Crippen LogP contribution in [0.5, 0.6) is 5.75 Å². The smallest absolute Gasteiger partial charge is 0.250 e. The van der Waals surface area contributed by atoms with Crippen LogP contribution in [0.3, 0.4) is 0 Å². The molecule has 0 fully saturated rings. The van der Waals surface area contributed by atoms with Crippen LogP contribution < -0.4 is 10.1 Å². The Bertz CT molecular complexity index is 445. The van der Waals surface area contributed by atoms with Gasteiger partial charge in [0.25, 0.3) is 0 Å². The number of anilines is 1. The number of ether oxygens (including phenoxy) is 1. The first-order valence-electron chi connectivity index (χ1n) is 5.05. The summed E-state index contributed by atoms with van der Waals surface area (Å²) < 4.78 is 5.05. The molecule has 1 aromatic carbocycles. The predicted molar refractivity (Wildman–Crippen MR) is 66.7 cm³/mol. The average molecular weight is 256 g/mol. The van der Waals surface area contributed by atoms with Gasteiger partial charge in [0.15, 0.2) is 11.2 Å². The Hall–Kier alpha value is -1.55. The highest BCUT2D eigenvalue weighted by Crippen LogP contribution is 2.21. The van der Waals surface area contributed by atoms with Crippen molar-refractivity contribution in [2.24, 2.45) is 0 Å². The van der Waals surface area contributed by atoms with Crippen LogP contribution in [-0.2, 0) is 9.59 Å². The zero-order chi connectivity index (χ0) is 13.0. The molecule has 0 radical (unpaired) electrons. The van der Waals surface area contributed by atoms with Gasteiger partial charge in [0, 0.05) is 5.69 Å². The number of hydrogen-bond donors (Lipinski definition) is 1. The van der Waals surface area contributed by atoms with Gasteiger partial charge < -0.3 is 10.1 Å². The second-order valence-corrected chi connectivity index (χ2v) is 4.08. The molecule has 17 heavy (non-hydrogen) atoms. The van der Waals surface area contributed by atoms with E-state index in [1.807, 2.05) is 6.92 Å². The lowest BCUT2D eigenvalue weighted by Crippen LogP contribution is -2.29. The summed E-state index contributed by atoms with van der Waals surface area (Å²) in [4.78, 5) is 22.5. The van der Waals surface area contributed by atoms with Crippen molar-refractivity contribution in [1.82, 2.24) is 0 Å². The maximum Gasteiger partial charge on any atom is 0.250 e. The topological polar surface area (TPSA) is 55.4 Å². The predicted octanol–water partition coefficient (Wildman–Crippen LogP) is 2.14. The van der Waals surface area contributed by atoms with Crippen molar-refractivity contribution in [2.75, 3.05) is 12.4 Å². The molecule has 0 heterocycles. The maximum absolute atomic E-state index is 11.6. The van der Waals surface area contributed by atoms with E-state index >= 15 is 0 Å². The molecule has 0 bridgehead atoms. The van der Waals surface area contributed by atoms with Crippen molar-refractivity contribution in [2.45, 2.75) is 19.2 Å². The molecule has 1 amide bonds. The van der Waals surface area contributed by atoms with Gasteiger partial charge in [-0.25, -0.2) is 0 Å². The Labute approximate surface area is 105 Å². The number of halogens is 1. The van der Waals surface area contributed by atoms with Crippen molar-refractivity contribution < 1.29 is 14.3 Å². The molecule has 0 aliphatic rings. The van der Waals surface area contributed by atoms with Gasteiger partial charge in [0.05, 0.1) is 7.11 Å². The summed E-state index contributed by atoms with van der Waals surface area (Å²) in [6.45, 7) is 3.10. The lowest BCUT2D eigenvalue weighted by atomic mass is 10.2. The summed E-state index contributed by atoms with van der Waals surface area (Å²) >= 11 is 5.64. The second kappa shape index (κ2) is 5.68. The Balaban J connectivity index is 2.82. The molecule has 1 unspecified atom stereocenters. The van der Waals surface area contributed by atoms with E-state index in [4.69, 9.17) is 16.3 Å². The van der Waals surface area contributed by atoms with Gasteiger partial charge in [-0.2, -0.15) is 0 Å². The van der Waals surface area contributed by atoms with Gasteiger partial charge in [-0.15, -0.1) is 11.6 Å². The number of nitrogens with one attached hydrogen (secondary N) is 1. The molecule has 1 atom stereocenters. The number of carbonyl (C=O) groups is 2. The zero-order valence-corrected chi connectivity index (χ0v) is 10.7. The SMILES string of the molecule is COc1ccc(NC(=O)C(Cl)C(C)=O)c(C)c1. The van der Waals surface area contributed by atoms with E-state index in [1.54, 1.807) is 25.3 Å². The molecule has 5 heteroatoms. The van der Waals surface area contributed by atoms with Crippen molar-refractivity contribution in [1.29, 1.82) is 0 Å². The highest BCUT2D eigenvalue weighted by molar-refractivity contribution is 6.43. The third kappa shape index (κ3) is 3.46. The third-order valence-corrected chi connectivity index (χ3v) is 2.78. The van der Waals surface area contributed by atoms with Crippen LogP contribution in [0, 0.1) is 6.92 Å². The normalized spacial score (nSPS) is 11.8. The maximum atomic E-state index is 11.6. The minimum atomic E-state index is -1.16. The van der Waals surface area contributed by atoms with Crippen molar-refractivity contribution in [3.63, 3.8) is 0 Å². The first kappa shape index (κ1) is 13.5. The van der Waals surface area contributed by atoms with E-state index in [0.29, 0.717) is 11.4 Å². The van der Waals surface area contributed by atoms with E-state index in [2.05, 4.69) is 5.32 Å². The van der Waals surface area contributed by atoms with Gasteiger partial charge in [-0.05, 0) is 37.6 Å². The quantitative estimate of drug-likeness (QED) is 0.662. The minimum Gasteiger partial charge on any atom is -0.497 e. The summed E-state index contributed by atoms with van der Waals surface area (Å²) in [6, 6.07) is 5.21. The van der Waals surface area contributed by atoms with Crippen LogP contribution in [0.1, 0.15) is 12.5 Å². The number of aryl methyl sites for hydroxylation is 1. The first-order chi connectivity index (χ1) is 7.95. The van der Waals surface area contributed by atoms with Gasteiger partial charge in [0.2, 0.25) is 5.91 Å². The Morgan fingerprint density at radius 1 is 1.41 bits per heavy atom. The number of amides is 1. The number of methoxy groups -OCH3 is 1. The second-order valence-electron chi connectivity index (χ2n) is 3.64. The van der Waals surface area contributed by atoms with Crippen LogP contribution in [0.2, 0.25) is 0 Å². The molecular weight excluding hydrogens is 242 g/mol. The first-order valence-corrected chi connectivity index (χ1v) is 5.49. The molecule has 4 nitrogen and oxygen atoms in total. The number of rotatable bonds is 4. The van der Waals surface area contributed by atoms with Gasteiger partial charge in [-0.1, -0.05) is 0 Å². The number of Topliss-reactive ketones (excluding diaryl/α,β-unsaturated/α-hetero) is 1. The van der Waals surface area contributed by atoms with Gasteiger partial charge >= 0.3 is 0 Å². The lowest BCUT2D eigenvalue weighted by Gasteiger charge is -2.11. The highest BCUT2D eigenvalue weighted by Gasteiger charge is 2.20. The van der Waals surface area contributed by atoms with Crippen LogP contribution in [-0.4, -0.2) is 24.2 Å². The Morgan fingerprint density at radius 3 is 2.53 bits per heavy atom. The Kier molecular flexibility index (Phi) is 4.52. The van der Waals surface area contributed by atoms with Crippen molar-refractivity contribution >= 4 is 29.0 Å². The van der Waals surface area contributed by atoms with E-state index in [-0.39, 0.29) is 5.78 Å². The van der Waals surface area contributed by atoms with Crippen LogP contribution >= 0.6 is 11.6 Å². The number of alkyl halides is 1. The summed E-state index contributed by atoms with van der Waals surface area (Å²) in [7, 11) is 1.57. The third-order valence-electron chi connectivity index (χ3n) is 2.28. The number of hydrogen-bond acceptors (Lipinski definition) is 3. The number of carbonyl (C=O) groups excluding carboxylic acids is 2. The summed E-state index contributed by atoms with van der Waals surface area (Å²) in [5.41, 5.74) is 1.45. The van der Waals surface area contributed by atoms with Crippen LogP contribution in [0.15, 0.2) is 18.2 Å². The van der Waals surface area contributed by atoms with Crippen molar-refractivity contribution in [3.8, 4) is 5.75 Å².